The molecule has 6 nitrogen and oxygen atoms in total. The number of benzene rings is 2. The molecule has 1 aliphatic heterocycles. The van der Waals surface area contributed by atoms with E-state index in [-0.39, 0.29) is 5.91 Å². The highest BCUT2D eigenvalue weighted by atomic mass is 32.2. The van der Waals surface area contributed by atoms with Crippen LogP contribution in [0, 0.1) is 0 Å². The molecule has 0 saturated carbocycles. The Bertz CT molecular complexity index is 1380. The molecule has 1 amide bonds. The number of hydrogen-bond acceptors (Lipinski definition) is 6. The van der Waals surface area contributed by atoms with E-state index in [0.29, 0.717) is 28.1 Å². The van der Waals surface area contributed by atoms with E-state index in [9.17, 15) is 4.79 Å². The van der Waals surface area contributed by atoms with Crippen molar-refractivity contribution in [1.29, 1.82) is 0 Å². The van der Waals surface area contributed by atoms with Crippen molar-refractivity contribution in [3.63, 3.8) is 0 Å². The largest absolute Gasteiger partial charge is 0.494 e. The zero-order valence-electron chi connectivity index (χ0n) is 19.8. The molecule has 8 heteroatoms. The number of thiocarbonyl (C=S) groups is 1. The Morgan fingerprint density at radius 3 is 2.61 bits per heavy atom. The number of furan rings is 1. The van der Waals surface area contributed by atoms with Gasteiger partial charge in [0.1, 0.15) is 15.8 Å². The van der Waals surface area contributed by atoms with Crippen molar-refractivity contribution in [2.45, 2.75) is 26.3 Å². The number of unbranched alkanes of at least 4 members (excludes halogenated alkanes) is 1. The Morgan fingerprint density at radius 1 is 1.08 bits per heavy atom. The standard InChI is InChI=1S/C28H25N3O3S2/c1-2-3-15-33-23-13-11-20(12-14-23)26-21(18-31(29-26)22-8-5-4-6-9-22)17-25-27(32)30(28(35)36-25)19-24-10-7-16-34-24/h4-14,16-18H,2-3,15,19H2,1H3/b25-17-. The van der Waals surface area contributed by atoms with Crippen LogP contribution in [0.15, 0.2) is 88.5 Å². The smallest absolute Gasteiger partial charge is 0.266 e. The molecule has 0 unspecified atom stereocenters. The van der Waals surface area contributed by atoms with Crippen LogP contribution in [0.2, 0.25) is 0 Å². The summed E-state index contributed by atoms with van der Waals surface area (Å²) in [5.74, 6) is 1.38. The molecule has 0 N–H and O–H groups in total. The summed E-state index contributed by atoms with van der Waals surface area (Å²) >= 11 is 6.79. The average molecular weight is 516 g/mol. The van der Waals surface area contributed by atoms with Crippen molar-refractivity contribution in [3.8, 4) is 22.7 Å². The lowest BCUT2D eigenvalue weighted by atomic mass is 10.1. The van der Waals surface area contributed by atoms with Gasteiger partial charge in [-0.05, 0) is 61.0 Å². The molecular weight excluding hydrogens is 490 g/mol. The topological polar surface area (TPSA) is 60.5 Å². The number of nitrogens with zero attached hydrogens (tertiary/aromatic N) is 3. The first-order valence-electron chi connectivity index (χ1n) is 11.8. The second-order valence-electron chi connectivity index (χ2n) is 8.29. The van der Waals surface area contributed by atoms with E-state index in [0.717, 1.165) is 41.1 Å². The lowest BCUT2D eigenvalue weighted by molar-refractivity contribution is -0.122. The van der Waals surface area contributed by atoms with Crippen molar-refractivity contribution in [2.75, 3.05) is 6.61 Å². The van der Waals surface area contributed by atoms with Gasteiger partial charge < -0.3 is 9.15 Å². The molecule has 4 aromatic rings. The van der Waals surface area contributed by atoms with E-state index < -0.39 is 0 Å². The van der Waals surface area contributed by atoms with Crippen molar-refractivity contribution < 1.29 is 13.9 Å². The fraction of sp³-hybridized carbons (Fsp3) is 0.179. The highest BCUT2D eigenvalue weighted by Crippen LogP contribution is 2.36. The molecule has 0 spiro atoms. The van der Waals surface area contributed by atoms with Gasteiger partial charge in [0.25, 0.3) is 5.91 Å². The molecule has 3 heterocycles. The Balaban J connectivity index is 1.47. The molecule has 182 valence electrons. The summed E-state index contributed by atoms with van der Waals surface area (Å²) in [6.45, 7) is 3.15. The maximum absolute atomic E-state index is 13.2. The Kier molecular flexibility index (Phi) is 7.34. The van der Waals surface area contributed by atoms with Crippen LogP contribution in [0.4, 0.5) is 0 Å². The van der Waals surface area contributed by atoms with E-state index in [1.807, 2.05) is 77.6 Å². The first-order valence-corrected chi connectivity index (χ1v) is 13.0. The number of amides is 1. The fourth-order valence-electron chi connectivity index (χ4n) is 3.81. The van der Waals surface area contributed by atoms with E-state index >= 15 is 0 Å². The van der Waals surface area contributed by atoms with Gasteiger partial charge >= 0.3 is 0 Å². The average Bonchev–Trinajstić information content (AvgIpc) is 3.63. The van der Waals surface area contributed by atoms with E-state index in [4.69, 9.17) is 26.5 Å². The lowest BCUT2D eigenvalue weighted by Crippen LogP contribution is -2.27. The van der Waals surface area contributed by atoms with E-state index in [2.05, 4.69) is 6.92 Å². The third kappa shape index (κ3) is 5.29. The number of para-hydroxylation sites is 1. The molecule has 1 saturated heterocycles. The second-order valence-corrected chi connectivity index (χ2v) is 9.96. The summed E-state index contributed by atoms with van der Waals surface area (Å²) in [5, 5.41) is 4.87. The molecule has 0 aliphatic carbocycles. The third-order valence-corrected chi connectivity index (χ3v) is 7.09. The van der Waals surface area contributed by atoms with Crippen LogP contribution in [-0.2, 0) is 11.3 Å². The molecular formula is C28H25N3O3S2. The van der Waals surface area contributed by atoms with Gasteiger partial charge in [-0.25, -0.2) is 4.68 Å². The molecule has 36 heavy (non-hydrogen) atoms. The normalized spacial score (nSPS) is 14.7. The molecule has 1 fully saturated rings. The van der Waals surface area contributed by atoms with Crippen molar-refractivity contribution in [2.24, 2.45) is 0 Å². The zero-order chi connectivity index (χ0) is 24.9. The maximum atomic E-state index is 13.2. The predicted octanol–water partition coefficient (Wildman–Crippen LogP) is 6.71. The van der Waals surface area contributed by atoms with Crippen LogP contribution >= 0.6 is 24.0 Å². The van der Waals surface area contributed by atoms with Gasteiger partial charge in [-0.3, -0.25) is 9.69 Å². The zero-order valence-corrected chi connectivity index (χ0v) is 21.4. The van der Waals surface area contributed by atoms with Crippen LogP contribution < -0.4 is 4.74 Å². The molecule has 5 rings (SSSR count). The van der Waals surface area contributed by atoms with Gasteiger partial charge in [-0.15, -0.1) is 0 Å². The molecule has 0 bridgehead atoms. The number of rotatable bonds is 9. The second kappa shape index (κ2) is 11.0. The van der Waals surface area contributed by atoms with Crippen LogP contribution in [0.1, 0.15) is 31.1 Å². The number of carbonyl (C=O) groups is 1. The molecule has 2 aromatic heterocycles. The van der Waals surface area contributed by atoms with Gasteiger partial charge in [0.2, 0.25) is 0 Å². The summed E-state index contributed by atoms with van der Waals surface area (Å²) < 4.78 is 13.6. The SMILES string of the molecule is CCCCOc1ccc(-c2nn(-c3ccccc3)cc2/C=C2\SC(=S)N(Cc3ccco3)C2=O)cc1. The van der Waals surface area contributed by atoms with Crippen molar-refractivity contribution >= 4 is 40.3 Å². The van der Waals surface area contributed by atoms with Gasteiger partial charge in [-0.1, -0.05) is 55.5 Å². The van der Waals surface area contributed by atoms with Crippen LogP contribution in [-0.4, -0.2) is 31.5 Å². The number of thioether (sulfide) groups is 1. The first-order chi connectivity index (χ1) is 17.6. The number of aromatic nitrogens is 2. The molecule has 1 aliphatic rings. The predicted molar refractivity (Wildman–Crippen MR) is 147 cm³/mol. The minimum Gasteiger partial charge on any atom is -0.494 e. The number of carbonyl (C=O) groups excluding carboxylic acids is 1. The lowest BCUT2D eigenvalue weighted by Gasteiger charge is -2.11. The van der Waals surface area contributed by atoms with E-state index in [1.54, 1.807) is 17.2 Å². The summed E-state index contributed by atoms with van der Waals surface area (Å²) in [6.07, 6.45) is 7.51. The van der Waals surface area contributed by atoms with E-state index in [1.165, 1.54) is 11.8 Å². The summed E-state index contributed by atoms with van der Waals surface area (Å²) in [4.78, 5) is 15.3. The van der Waals surface area contributed by atoms with Crippen molar-refractivity contribution in [3.05, 3.63) is 95.4 Å². The molecule has 0 atom stereocenters. The van der Waals surface area contributed by atoms with Gasteiger partial charge in [0, 0.05) is 17.3 Å². The Hall–Kier alpha value is -3.62. The minimum absolute atomic E-state index is 0.139. The third-order valence-electron chi connectivity index (χ3n) is 5.71. The highest BCUT2D eigenvalue weighted by molar-refractivity contribution is 8.26. The molecule has 0 radical (unpaired) electrons. The highest BCUT2D eigenvalue weighted by Gasteiger charge is 2.33. The molecule has 2 aromatic carbocycles. The van der Waals surface area contributed by atoms with Crippen molar-refractivity contribution in [1.82, 2.24) is 14.7 Å². The quantitative estimate of drug-likeness (QED) is 0.140. The van der Waals surface area contributed by atoms with Gasteiger partial charge in [0.15, 0.2) is 0 Å². The van der Waals surface area contributed by atoms with Gasteiger partial charge in [-0.2, -0.15) is 5.10 Å². The number of ether oxygens (including phenoxy) is 1. The first kappa shape index (κ1) is 24.1. The number of hydrogen-bond donors (Lipinski definition) is 0. The summed E-state index contributed by atoms with van der Waals surface area (Å²) in [5.41, 5.74) is 3.47. The summed E-state index contributed by atoms with van der Waals surface area (Å²) in [6, 6.07) is 21.4. The van der Waals surface area contributed by atoms with Gasteiger partial charge in [0.05, 0.1) is 35.7 Å². The monoisotopic (exact) mass is 515 g/mol. The maximum Gasteiger partial charge on any atom is 0.266 e. The Labute approximate surface area is 219 Å². The van der Waals surface area contributed by atoms with Crippen LogP contribution in [0.5, 0.6) is 5.75 Å². The Morgan fingerprint density at radius 2 is 1.89 bits per heavy atom. The van der Waals surface area contributed by atoms with Crippen LogP contribution in [0.25, 0.3) is 23.0 Å². The fourth-order valence-corrected chi connectivity index (χ4v) is 5.06. The van der Waals surface area contributed by atoms with Crippen LogP contribution in [0.3, 0.4) is 0 Å². The minimum atomic E-state index is -0.139. The summed E-state index contributed by atoms with van der Waals surface area (Å²) in [7, 11) is 0.